The average molecular weight is 246 g/mol. The SMILES string of the molecule is Cc1ccc(-c2cnc(CNC(=O)CO)o2)cc1. The van der Waals surface area contributed by atoms with Crippen molar-refractivity contribution in [2.24, 2.45) is 0 Å². The summed E-state index contributed by atoms with van der Waals surface area (Å²) in [5.41, 5.74) is 2.11. The van der Waals surface area contributed by atoms with E-state index in [1.165, 1.54) is 5.56 Å². The molecule has 1 amide bonds. The highest BCUT2D eigenvalue weighted by atomic mass is 16.4. The van der Waals surface area contributed by atoms with E-state index in [2.05, 4.69) is 10.3 Å². The summed E-state index contributed by atoms with van der Waals surface area (Å²) >= 11 is 0. The second kappa shape index (κ2) is 5.46. The molecule has 0 spiro atoms. The summed E-state index contributed by atoms with van der Waals surface area (Å²) < 4.78 is 5.50. The lowest BCUT2D eigenvalue weighted by Crippen LogP contribution is -2.25. The molecule has 0 fully saturated rings. The van der Waals surface area contributed by atoms with Crippen LogP contribution in [0.4, 0.5) is 0 Å². The number of carbonyl (C=O) groups is 1. The Morgan fingerprint density at radius 3 is 2.78 bits per heavy atom. The molecule has 0 unspecified atom stereocenters. The number of aliphatic hydroxyl groups excluding tert-OH is 1. The third-order valence-corrected chi connectivity index (χ3v) is 2.47. The van der Waals surface area contributed by atoms with Gasteiger partial charge < -0.3 is 14.8 Å². The zero-order valence-corrected chi connectivity index (χ0v) is 10.0. The molecule has 5 nitrogen and oxygen atoms in total. The summed E-state index contributed by atoms with van der Waals surface area (Å²) in [6, 6.07) is 7.88. The molecule has 1 heterocycles. The van der Waals surface area contributed by atoms with Crippen LogP contribution in [0.5, 0.6) is 0 Å². The summed E-state index contributed by atoms with van der Waals surface area (Å²) in [4.78, 5) is 14.9. The number of aromatic nitrogens is 1. The first-order chi connectivity index (χ1) is 8.69. The number of nitrogens with zero attached hydrogens (tertiary/aromatic N) is 1. The van der Waals surface area contributed by atoms with Crippen LogP contribution in [0.1, 0.15) is 11.5 Å². The number of aliphatic hydroxyl groups is 1. The number of amides is 1. The maximum Gasteiger partial charge on any atom is 0.246 e. The van der Waals surface area contributed by atoms with Crippen LogP contribution in [0.3, 0.4) is 0 Å². The van der Waals surface area contributed by atoms with Crippen molar-refractivity contribution >= 4 is 5.91 Å². The van der Waals surface area contributed by atoms with Crippen molar-refractivity contribution in [1.82, 2.24) is 10.3 Å². The fraction of sp³-hybridized carbons (Fsp3) is 0.231. The third kappa shape index (κ3) is 2.95. The smallest absolute Gasteiger partial charge is 0.246 e. The van der Waals surface area contributed by atoms with Gasteiger partial charge in [0.25, 0.3) is 0 Å². The Morgan fingerprint density at radius 1 is 1.39 bits per heavy atom. The van der Waals surface area contributed by atoms with Gasteiger partial charge in [0.05, 0.1) is 12.7 Å². The molecule has 2 rings (SSSR count). The van der Waals surface area contributed by atoms with Crippen LogP contribution in [0.2, 0.25) is 0 Å². The molecule has 0 saturated carbocycles. The number of oxazole rings is 1. The largest absolute Gasteiger partial charge is 0.439 e. The van der Waals surface area contributed by atoms with E-state index in [4.69, 9.17) is 9.52 Å². The van der Waals surface area contributed by atoms with Crippen LogP contribution in [-0.2, 0) is 11.3 Å². The van der Waals surface area contributed by atoms with Crippen LogP contribution >= 0.6 is 0 Å². The van der Waals surface area contributed by atoms with Crippen molar-refractivity contribution in [3.05, 3.63) is 41.9 Å². The van der Waals surface area contributed by atoms with Gasteiger partial charge in [-0.05, 0) is 6.92 Å². The standard InChI is InChI=1S/C13H14N2O3/c1-9-2-4-10(5-3-9)11-6-15-13(18-11)7-14-12(17)8-16/h2-6,16H,7-8H2,1H3,(H,14,17). The summed E-state index contributed by atoms with van der Waals surface area (Å²) in [6.45, 7) is 1.65. The number of carbonyl (C=O) groups excluding carboxylic acids is 1. The first-order valence-corrected chi connectivity index (χ1v) is 5.58. The van der Waals surface area contributed by atoms with Crippen molar-refractivity contribution in [3.8, 4) is 11.3 Å². The Kier molecular flexibility index (Phi) is 3.74. The first-order valence-electron chi connectivity index (χ1n) is 5.58. The van der Waals surface area contributed by atoms with Crippen molar-refractivity contribution in [2.75, 3.05) is 6.61 Å². The normalized spacial score (nSPS) is 10.3. The zero-order valence-electron chi connectivity index (χ0n) is 10.0. The Labute approximate surface area is 104 Å². The van der Waals surface area contributed by atoms with Gasteiger partial charge in [0, 0.05) is 5.56 Å². The van der Waals surface area contributed by atoms with Gasteiger partial charge in [0.15, 0.2) is 5.76 Å². The average Bonchev–Trinajstić information content (AvgIpc) is 2.85. The summed E-state index contributed by atoms with van der Waals surface area (Å²) in [5, 5.41) is 11.0. The van der Waals surface area contributed by atoms with Gasteiger partial charge >= 0.3 is 0 Å². The van der Waals surface area contributed by atoms with Gasteiger partial charge in [-0.15, -0.1) is 0 Å². The van der Waals surface area contributed by atoms with E-state index >= 15 is 0 Å². The van der Waals surface area contributed by atoms with Crippen molar-refractivity contribution in [2.45, 2.75) is 13.5 Å². The molecule has 0 aliphatic heterocycles. The number of benzene rings is 1. The molecule has 2 aromatic rings. The van der Waals surface area contributed by atoms with Crippen LogP contribution in [-0.4, -0.2) is 22.6 Å². The minimum absolute atomic E-state index is 0.172. The fourth-order valence-corrected chi connectivity index (χ4v) is 1.47. The Bertz CT molecular complexity index is 531. The van der Waals surface area contributed by atoms with E-state index in [1.54, 1.807) is 6.20 Å². The van der Waals surface area contributed by atoms with Gasteiger partial charge in [-0.1, -0.05) is 29.8 Å². The molecule has 1 aromatic carbocycles. The minimum Gasteiger partial charge on any atom is -0.439 e. The fourth-order valence-electron chi connectivity index (χ4n) is 1.47. The monoisotopic (exact) mass is 246 g/mol. The van der Waals surface area contributed by atoms with Crippen molar-refractivity contribution in [1.29, 1.82) is 0 Å². The van der Waals surface area contributed by atoms with Crippen LogP contribution in [0.25, 0.3) is 11.3 Å². The molecule has 94 valence electrons. The van der Waals surface area contributed by atoms with Crippen LogP contribution in [0, 0.1) is 6.92 Å². The van der Waals surface area contributed by atoms with E-state index in [9.17, 15) is 4.79 Å². The molecule has 0 saturated heterocycles. The molecule has 0 bridgehead atoms. The molecule has 2 N–H and O–H groups in total. The van der Waals surface area contributed by atoms with Gasteiger partial charge in [0.1, 0.15) is 6.61 Å². The molecular formula is C13H14N2O3. The van der Waals surface area contributed by atoms with Gasteiger partial charge in [-0.2, -0.15) is 0 Å². The molecule has 0 radical (unpaired) electrons. The van der Waals surface area contributed by atoms with Crippen molar-refractivity contribution in [3.63, 3.8) is 0 Å². The number of nitrogens with one attached hydrogen (secondary N) is 1. The second-order valence-corrected chi connectivity index (χ2v) is 3.92. The molecule has 0 aliphatic carbocycles. The summed E-state index contributed by atoms with van der Waals surface area (Å²) in [5.74, 6) is 0.612. The van der Waals surface area contributed by atoms with Gasteiger partial charge in [-0.3, -0.25) is 4.79 Å². The lowest BCUT2D eigenvalue weighted by molar-refractivity contribution is -0.124. The van der Waals surface area contributed by atoms with Gasteiger partial charge in [-0.25, -0.2) is 4.98 Å². The Hall–Kier alpha value is -2.14. The van der Waals surface area contributed by atoms with E-state index in [-0.39, 0.29) is 6.54 Å². The lowest BCUT2D eigenvalue weighted by atomic mass is 10.1. The highest BCUT2D eigenvalue weighted by Crippen LogP contribution is 2.20. The van der Waals surface area contributed by atoms with Crippen LogP contribution in [0.15, 0.2) is 34.9 Å². The maximum atomic E-state index is 10.9. The third-order valence-electron chi connectivity index (χ3n) is 2.47. The summed E-state index contributed by atoms with van der Waals surface area (Å²) in [7, 11) is 0. The Balaban J connectivity index is 2.06. The Morgan fingerprint density at radius 2 is 2.11 bits per heavy atom. The molecule has 0 aliphatic rings. The van der Waals surface area contributed by atoms with E-state index < -0.39 is 12.5 Å². The predicted molar refractivity (Wildman–Crippen MR) is 65.6 cm³/mol. The molecular weight excluding hydrogens is 232 g/mol. The van der Waals surface area contributed by atoms with Gasteiger partial charge in [0.2, 0.25) is 11.8 Å². The maximum absolute atomic E-state index is 10.9. The second-order valence-electron chi connectivity index (χ2n) is 3.92. The molecule has 5 heteroatoms. The molecule has 0 atom stereocenters. The molecule has 18 heavy (non-hydrogen) atoms. The zero-order chi connectivity index (χ0) is 13.0. The minimum atomic E-state index is -0.536. The number of hydrogen-bond donors (Lipinski definition) is 2. The topological polar surface area (TPSA) is 75.4 Å². The number of rotatable bonds is 4. The van der Waals surface area contributed by atoms with E-state index in [0.717, 1.165) is 5.56 Å². The summed E-state index contributed by atoms with van der Waals surface area (Å²) in [6.07, 6.45) is 1.62. The van der Waals surface area contributed by atoms with Crippen molar-refractivity contribution < 1.29 is 14.3 Å². The lowest BCUT2D eigenvalue weighted by Gasteiger charge is -1.99. The molecule has 1 aromatic heterocycles. The quantitative estimate of drug-likeness (QED) is 0.851. The van der Waals surface area contributed by atoms with E-state index in [0.29, 0.717) is 11.7 Å². The highest BCUT2D eigenvalue weighted by molar-refractivity contribution is 5.76. The first kappa shape index (κ1) is 12.3. The predicted octanol–water partition coefficient (Wildman–Crippen LogP) is 1.26. The van der Waals surface area contributed by atoms with Crippen LogP contribution < -0.4 is 5.32 Å². The number of aryl methyl sites for hydroxylation is 1. The number of hydrogen-bond acceptors (Lipinski definition) is 4. The van der Waals surface area contributed by atoms with E-state index in [1.807, 2.05) is 31.2 Å². The highest BCUT2D eigenvalue weighted by Gasteiger charge is 2.07.